The quantitative estimate of drug-likeness (QED) is 0.652. The second-order valence-electron chi connectivity index (χ2n) is 4.92. The highest BCUT2D eigenvalue weighted by molar-refractivity contribution is 8.00. The number of aryl methyl sites for hydroxylation is 1. The standard InChI is InChI=1S/C15H19N5O2S/c1-4-19(12-8-6-5-7-9-12)14(22)11(3)23-15-18-17-10(2)13(21)20(15)16/h5-9,11H,4,16H2,1-3H3/t11-/m0/s1. The molecule has 23 heavy (non-hydrogen) atoms. The van der Waals surface area contributed by atoms with E-state index in [0.717, 1.165) is 22.1 Å². The lowest BCUT2D eigenvalue weighted by atomic mass is 10.2. The van der Waals surface area contributed by atoms with Crippen molar-refractivity contribution >= 4 is 23.4 Å². The molecule has 2 N–H and O–H groups in total. The molecule has 0 saturated carbocycles. The molecule has 0 fully saturated rings. The smallest absolute Gasteiger partial charge is 0.294 e. The molecule has 1 aromatic carbocycles. The van der Waals surface area contributed by atoms with Crippen molar-refractivity contribution in [3.05, 3.63) is 46.4 Å². The minimum absolute atomic E-state index is 0.0847. The van der Waals surface area contributed by atoms with Crippen molar-refractivity contribution in [2.24, 2.45) is 0 Å². The van der Waals surface area contributed by atoms with E-state index in [2.05, 4.69) is 10.2 Å². The molecule has 1 amide bonds. The predicted octanol–water partition coefficient (Wildman–Crippen LogP) is 1.19. The summed E-state index contributed by atoms with van der Waals surface area (Å²) in [6.45, 7) is 5.75. The summed E-state index contributed by atoms with van der Waals surface area (Å²) in [5, 5.41) is 7.42. The van der Waals surface area contributed by atoms with Gasteiger partial charge in [-0.2, -0.15) is 4.68 Å². The van der Waals surface area contributed by atoms with E-state index < -0.39 is 10.8 Å². The van der Waals surface area contributed by atoms with E-state index in [-0.39, 0.29) is 16.8 Å². The van der Waals surface area contributed by atoms with Crippen LogP contribution in [0.3, 0.4) is 0 Å². The molecule has 0 bridgehead atoms. The van der Waals surface area contributed by atoms with Crippen LogP contribution in [0.1, 0.15) is 19.5 Å². The van der Waals surface area contributed by atoms with E-state index in [4.69, 9.17) is 5.84 Å². The summed E-state index contributed by atoms with van der Waals surface area (Å²) in [5.41, 5.74) is 0.625. The lowest BCUT2D eigenvalue weighted by Gasteiger charge is -2.24. The Morgan fingerprint density at radius 3 is 2.61 bits per heavy atom. The molecule has 1 aromatic heterocycles. The summed E-state index contributed by atoms with van der Waals surface area (Å²) < 4.78 is 0.926. The van der Waals surface area contributed by atoms with Crippen LogP contribution in [-0.2, 0) is 4.79 Å². The second kappa shape index (κ2) is 7.28. The van der Waals surface area contributed by atoms with Crippen LogP contribution in [0.2, 0.25) is 0 Å². The Morgan fingerprint density at radius 2 is 2.00 bits per heavy atom. The summed E-state index contributed by atoms with van der Waals surface area (Å²) in [4.78, 5) is 26.1. The number of nitrogen functional groups attached to an aromatic ring is 1. The molecule has 2 rings (SSSR count). The molecule has 8 heteroatoms. The number of carbonyl (C=O) groups is 1. The lowest BCUT2D eigenvalue weighted by Crippen LogP contribution is -2.38. The highest BCUT2D eigenvalue weighted by Crippen LogP contribution is 2.23. The zero-order chi connectivity index (χ0) is 17.0. The molecule has 0 unspecified atom stereocenters. The third-order valence-electron chi connectivity index (χ3n) is 3.30. The van der Waals surface area contributed by atoms with Gasteiger partial charge in [-0.05, 0) is 32.9 Å². The molecule has 0 aliphatic heterocycles. The van der Waals surface area contributed by atoms with Crippen molar-refractivity contribution in [1.82, 2.24) is 14.9 Å². The number of rotatable bonds is 5. The molecule has 0 aliphatic carbocycles. The van der Waals surface area contributed by atoms with E-state index in [0.29, 0.717) is 6.54 Å². The molecule has 2 aromatic rings. The summed E-state index contributed by atoms with van der Waals surface area (Å²) in [6, 6.07) is 9.42. The van der Waals surface area contributed by atoms with Crippen molar-refractivity contribution in [2.75, 3.05) is 17.3 Å². The van der Waals surface area contributed by atoms with Gasteiger partial charge in [-0.15, -0.1) is 10.2 Å². The molecule has 0 saturated heterocycles. The fourth-order valence-corrected chi connectivity index (χ4v) is 2.88. The van der Waals surface area contributed by atoms with Gasteiger partial charge in [0, 0.05) is 12.2 Å². The van der Waals surface area contributed by atoms with Crippen molar-refractivity contribution in [3.8, 4) is 0 Å². The molecule has 0 radical (unpaired) electrons. The Hall–Kier alpha value is -2.35. The number of thioether (sulfide) groups is 1. The van der Waals surface area contributed by atoms with Crippen molar-refractivity contribution in [1.29, 1.82) is 0 Å². The summed E-state index contributed by atoms with van der Waals surface area (Å²) >= 11 is 1.11. The van der Waals surface area contributed by atoms with Gasteiger partial charge in [-0.1, -0.05) is 30.0 Å². The normalized spacial score (nSPS) is 12.0. The number of aromatic nitrogens is 3. The first-order chi connectivity index (χ1) is 11.0. The Kier molecular flexibility index (Phi) is 5.38. The average Bonchev–Trinajstić information content (AvgIpc) is 2.57. The van der Waals surface area contributed by atoms with Crippen LogP contribution in [0.15, 0.2) is 40.3 Å². The minimum atomic E-state index is -0.457. The first-order valence-electron chi connectivity index (χ1n) is 7.20. The summed E-state index contributed by atoms with van der Waals surface area (Å²) in [6.07, 6.45) is 0. The predicted molar refractivity (Wildman–Crippen MR) is 91.0 cm³/mol. The highest BCUT2D eigenvalue weighted by Gasteiger charge is 2.23. The Bertz CT molecular complexity index is 747. The van der Waals surface area contributed by atoms with E-state index in [1.807, 2.05) is 37.3 Å². The highest BCUT2D eigenvalue weighted by atomic mass is 32.2. The zero-order valence-electron chi connectivity index (χ0n) is 13.3. The maximum atomic E-state index is 12.7. The van der Waals surface area contributed by atoms with Crippen LogP contribution in [0, 0.1) is 6.92 Å². The number of hydrogen-bond acceptors (Lipinski definition) is 6. The average molecular weight is 333 g/mol. The summed E-state index contributed by atoms with van der Waals surface area (Å²) in [5.74, 6) is 5.62. The molecule has 0 spiro atoms. The number of amides is 1. The molecule has 0 aliphatic rings. The SMILES string of the molecule is CCN(C(=O)[C@H](C)Sc1nnc(C)c(=O)n1N)c1ccccc1. The third kappa shape index (κ3) is 3.70. The monoisotopic (exact) mass is 333 g/mol. The van der Waals surface area contributed by atoms with Crippen LogP contribution in [0.4, 0.5) is 5.69 Å². The van der Waals surface area contributed by atoms with Crippen molar-refractivity contribution in [2.45, 2.75) is 31.2 Å². The van der Waals surface area contributed by atoms with Gasteiger partial charge in [0.1, 0.15) is 5.69 Å². The fourth-order valence-electron chi connectivity index (χ4n) is 2.05. The third-order valence-corrected chi connectivity index (χ3v) is 4.34. The largest absolute Gasteiger partial charge is 0.334 e. The first kappa shape index (κ1) is 17.0. The number of hydrogen-bond donors (Lipinski definition) is 1. The molecule has 1 heterocycles. The number of carbonyl (C=O) groups excluding carboxylic acids is 1. The maximum absolute atomic E-state index is 12.7. The van der Waals surface area contributed by atoms with Gasteiger partial charge in [-0.3, -0.25) is 9.59 Å². The molecule has 1 atom stereocenters. The Labute approximate surface area is 138 Å². The van der Waals surface area contributed by atoms with E-state index in [1.54, 1.807) is 11.8 Å². The van der Waals surface area contributed by atoms with Crippen LogP contribution >= 0.6 is 11.8 Å². The van der Waals surface area contributed by atoms with Crippen molar-refractivity contribution in [3.63, 3.8) is 0 Å². The minimum Gasteiger partial charge on any atom is -0.334 e. The Morgan fingerprint density at radius 1 is 1.35 bits per heavy atom. The van der Waals surface area contributed by atoms with Gasteiger partial charge in [0.2, 0.25) is 11.1 Å². The first-order valence-corrected chi connectivity index (χ1v) is 8.08. The van der Waals surface area contributed by atoms with Gasteiger partial charge < -0.3 is 10.7 Å². The number of para-hydroxylation sites is 1. The number of benzene rings is 1. The van der Waals surface area contributed by atoms with Crippen LogP contribution in [0.5, 0.6) is 0 Å². The summed E-state index contributed by atoms with van der Waals surface area (Å²) in [7, 11) is 0. The number of anilines is 1. The Balaban J connectivity index is 2.20. The van der Waals surface area contributed by atoms with Gasteiger partial charge >= 0.3 is 0 Å². The molecule has 7 nitrogen and oxygen atoms in total. The van der Waals surface area contributed by atoms with Gasteiger partial charge in [-0.25, -0.2) is 0 Å². The number of nitrogens with zero attached hydrogens (tertiary/aromatic N) is 4. The fraction of sp³-hybridized carbons (Fsp3) is 0.333. The molecular formula is C15H19N5O2S. The molecule has 122 valence electrons. The van der Waals surface area contributed by atoms with Crippen molar-refractivity contribution < 1.29 is 4.79 Å². The zero-order valence-corrected chi connectivity index (χ0v) is 14.1. The van der Waals surface area contributed by atoms with Gasteiger partial charge in [0.05, 0.1) is 5.25 Å². The molecular weight excluding hydrogens is 314 g/mol. The van der Waals surface area contributed by atoms with Crippen LogP contribution in [0.25, 0.3) is 0 Å². The lowest BCUT2D eigenvalue weighted by molar-refractivity contribution is -0.117. The van der Waals surface area contributed by atoms with Gasteiger partial charge in [0.25, 0.3) is 5.56 Å². The van der Waals surface area contributed by atoms with E-state index in [9.17, 15) is 9.59 Å². The number of nitrogens with two attached hydrogens (primary N) is 1. The van der Waals surface area contributed by atoms with E-state index in [1.165, 1.54) is 6.92 Å². The van der Waals surface area contributed by atoms with Crippen LogP contribution < -0.4 is 16.3 Å². The topological polar surface area (TPSA) is 94.1 Å². The van der Waals surface area contributed by atoms with E-state index >= 15 is 0 Å². The van der Waals surface area contributed by atoms with Gasteiger partial charge in [0.15, 0.2) is 0 Å². The second-order valence-corrected chi connectivity index (χ2v) is 6.23. The van der Waals surface area contributed by atoms with Crippen LogP contribution in [-0.4, -0.2) is 32.6 Å². The maximum Gasteiger partial charge on any atom is 0.294 e.